The van der Waals surface area contributed by atoms with Crippen LogP contribution in [0.2, 0.25) is 0 Å². The molecule has 2 amide bonds. The SMILES string of the molecule is Cn1ncc(C(=O)N[C@@H](Cc2ccccc2)C(=O)C(N)=O)c1-c1ccncc1. The highest BCUT2D eigenvalue weighted by atomic mass is 16.2. The van der Waals surface area contributed by atoms with Gasteiger partial charge >= 0.3 is 0 Å². The Morgan fingerprint density at radius 1 is 1.11 bits per heavy atom. The number of rotatable bonds is 7. The van der Waals surface area contributed by atoms with Crippen molar-refractivity contribution in [2.45, 2.75) is 12.5 Å². The van der Waals surface area contributed by atoms with Crippen LogP contribution in [0.15, 0.2) is 61.1 Å². The molecular weight excluding hydrogens is 358 g/mol. The van der Waals surface area contributed by atoms with Gasteiger partial charge < -0.3 is 11.1 Å². The normalized spacial score (nSPS) is 11.6. The van der Waals surface area contributed by atoms with Gasteiger partial charge in [-0.05, 0) is 17.7 Å². The minimum Gasteiger partial charge on any atom is -0.363 e. The van der Waals surface area contributed by atoms with Crippen LogP contribution in [0.25, 0.3) is 11.3 Å². The quantitative estimate of drug-likeness (QED) is 0.592. The molecule has 3 N–H and O–H groups in total. The molecule has 1 atom stereocenters. The summed E-state index contributed by atoms with van der Waals surface area (Å²) in [5.74, 6) is -2.47. The number of carbonyl (C=O) groups is 3. The van der Waals surface area contributed by atoms with Crippen molar-refractivity contribution in [1.82, 2.24) is 20.1 Å². The molecule has 0 radical (unpaired) electrons. The van der Waals surface area contributed by atoms with Crippen LogP contribution in [0.3, 0.4) is 0 Å². The summed E-state index contributed by atoms with van der Waals surface area (Å²) in [5, 5.41) is 6.77. The highest BCUT2D eigenvalue weighted by molar-refractivity contribution is 6.38. The standard InChI is InChI=1S/C20H19N5O3/c1-25-17(14-7-9-22-10-8-14)15(12-23-25)20(28)24-16(18(26)19(21)27)11-13-5-3-2-4-6-13/h2-10,12,16H,11H2,1H3,(H2,21,27)(H,24,28)/t16-/m0/s1. The van der Waals surface area contributed by atoms with Crippen LogP contribution in [0.5, 0.6) is 0 Å². The van der Waals surface area contributed by atoms with E-state index in [0.29, 0.717) is 5.69 Å². The smallest absolute Gasteiger partial charge is 0.287 e. The van der Waals surface area contributed by atoms with Crippen molar-refractivity contribution in [3.05, 3.63) is 72.2 Å². The van der Waals surface area contributed by atoms with Gasteiger partial charge in [-0.15, -0.1) is 0 Å². The number of primary amides is 1. The van der Waals surface area contributed by atoms with Crippen molar-refractivity contribution in [1.29, 1.82) is 0 Å². The molecule has 0 saturated heterocycles. The van der Waals surface area contributed by atoms with E-state index in [9.17, 15) is 14.4 Å². The van der Waals surface area contributed by atoms with Crippen LogP contribution in [0.1, 0.15) is 15.9 Å². The summed E-state index contributed by atoms with van der Waals surface area (Å²) in [4.78, 5) is 40.6. The van der Waals surface area contributed by atoms with Gasteiger partial charge in [-0.1, -0.05) is 30.3 Å². The lowest BCUT2D eigenvalue weighted by Gasteiger charge is -2.16. The van der Waals surface area contributed by atoms with Crippen LogP contribution < -0.4 is 11.1 Å². The maximum absolute atomic E-state index is 12.9. The van der Waals surface area contributed by atoms with E-state index < -0.39 is 23.6 Å². The van der Waals surface area contributed by atoms with Gasteiger partial charge in [0.05, 0.1) is 17.5 Å². The molecule has 8 nitrogen and oxygen atoms in total. The third kappa shape index (κ3) is 4.12. The molecule has 0 aliphatic heterocycles. The van der Waals surface area contributed by atoms with Crippen molar-refractivity contribution >= 4 is 17.6 Å². The zero-order chi connectivity index (χ0) is 20.1. The maximum atomic E-state index is 12.9. The molecule has 2 heterocycles. The largest absolute Gasteiger partial charge is 0.363 e. The van der Waals surface area contributed by atoms with Gasteiger partial charge in [0, 0.05) is 31.4 Å². The Balaban J connectivity index is 1.89. The number of hydrogen-bond donors (Lipinski definition) is 2. The second-order valence-electron chi connectivity index (χ2n) is 6.21. The second-order valence-corrected chi connectivity index (χ2v) is 6.21. The number of ketones is 1. The van der Waals surface area contributed by atoms with Crippen LogP contribution in [0, 0.1) is 0 Å². The summed E-state index contributed by atoms with van der Waals surface area (Å²) < 4.78 is 1.56. The van der Waals surface area contributed by atoms with Gasteiger partial charge in [0.2, 0.25) is 5.78 Å². The zero-order valence-corrected chi connectivity index (χ0v) is 15.2. The van der Waals surface area contributed by atoms with E-state index in [2.05, 4.69) is 15.4 Å². The molecule has 0 aliphatic rings. The third-order valence-corrected chi connectivity index (χ3v) is 4.28. The summed E-state index contributed by atoms with van der Waals surface area (Å²) in [6.07, 6.45) is 4.79. The Hall–Kier alpha value is -3.81. The van der Waals surface area contributed by atoms with E-state index in [1.807, 2.05) is 18.2 Å². The fourth-order valence-corrected chi connectivity index (χ4v) is 2.92. The first kappa shape index (κ1) is 19.0. The monoisotopic (exact) mass is 377 g/mol. The molecule has 0 bridgehead atoms. The van der Waals surface area contributed by atoms with Crippen LogP contribution in [0.4, 0.5) is 0 Å². The summed E-state index contributed by atoms with van der Waals surface area (Å²) in [5.41, 5.74) is 7.57. The molecule has 28 heavy (non-hydrogen) atoms. The molecule has 0 unspecified atom stereocenters. The van der Waals surface area contributed by atoms with E-state index in [0.717, 1.165) is 11.1 Å². The van der Waals surface area contributed by atoms with E-state index in [1.165, 1.54) is 6.20 Å². The van der Waals surface area contributed by atoms with Gasteiger partial charge in [-0.3, -0.25) is 24.0 Å². The first-order chi connectivity index (χ1) is 13.5. The number of nitrogens with zero attached hydrogens (tertiary/aromatic N) is 3. The Kier molecular flexibility index (Phi) is 5.59. The molecule has 8 heteroatoms. The van der Waals surface area contributed by atoms with E-state index in [1.54, 1.807) is 48.4 Å². The Labute approximate surface area is 161 Å². The number of aryl methyl sites for hydroxylation is 1. The number of benzene rings is 1. The molecule has 1 aromatic carbocycles. The molecular formula is C20H19N5O3. The molecule has 0 fully saturated rings. The Morgan fingerprint density at radius 3 is 2.43 bits per heavy atom. The molecule has 142 valence electrons. The number of hydrogen-bond acceptors (Lipinski definition) is 5. The van der Waals surface area contributed by atoms with Gasteiger partial charge in [0.1, 0.15) is 6.04 Å². The van der Waals surface area contributed by atoms with Gasteiger partial charge in [0.15, 0.2) is 0 Å². The average Bonchev–Trinajstić information content (AvgIpc) is 3.09. The zero-order valence-electron chi connectivity index (χ0n) is 15.2. The second kappa shape index (κ2) is 8.26. The number of aromatic nitrogens is 3. The van der Waals surface area contributed by atoms with Crippen LogP contribution >= 0.6 is 0 Å². The lowest BCUT2D eigenvalue weighted by atomic mass is 10.0. The molecule has 3 rings (SSSR count). The van der Waals surface area contributed by atoms with Gasteiger partial charge in [-0.25, -0.2) is 0 Å². The Morgan fingerprint density at radius 2 is 1.79 bits per heavy atom. The highest BCUT2D eigenvalue weighted by Crippen LogP contribution is 2.22. The fourth-order valence-electron chi connectivity index (χ4n) is 2.92. The van der Waals surface area contributed by atoms with Crippen LogP contribution in [-0.2, 0) is 23.1 Å². The topological polar surface area (TPSA) is 120 Å². The first-order valence-electron chi connectivity index (χ1n) is 8.58. The molecule has 3 aromatic rings. The fraction of sp³-hybridized carbons (Fsp3) is 0.150. The summed E-state index contributed by atoms with van der Waals surface area (Å²) in [6, 6.07) is 11.5. The van der Waals surface area contributed by atoms with Crippen molar-refractivity contribution in [3.8, 4) is 11.3 Å². The first-order valence-corrected chi connectivity index (χ1v) is 8.58. The lowest BCUT2D eigenvalue weighted by molar-refractivity contribution is -0.137. The average molecular weight is 377 g/mol. The van der Waals surface area contributed by atoms with Crippen LogP contribution in [-0.4, -0.2) is 38.4 Å². The number of nitrogens with two attached hydrogens (primary N) is 1. The predicted molar refractivity (Wildman–Crippen MR) is 102 cm³/mol. The number of Topliss-reactive ketones (excluding diaryl/α,β-unsaturated/α-hetero) is 1. The van der Waals surface area contributed by atoms with E-state index in [-0.39, 0.29) is 12.0 Å². The minimum absolute atomic E-state index is 0.152. The van der Waals surface area contributed by atoms with E-state index in [4.69, 9.17) is 5.73 Å². The lowest BCUT2D eigenvalue weighted by Crippen LogP contribution is -2.47. The van der Waals surface area contributed by atoms with Gasteiger partial charge in [-0.2, -0.15) is 5.10 Å². The number of pyridine rings is 1. The van der Waals surface area contributed by atoms with Crippen molar-refractivity contribution in [3.63, 3.8) is 0 Å². The molecule has 0 saturated carbocycles. The van der Waals surface area contributed by atoms with Crippen molar-refractivity contribution in [2.24, 2.45) is 12.8 Å². The van der Waals surface area contributed by atoms with E-state index >= 15 is 0 Å². The Bertz CT molecular complexity index is 999. The summed E-state index contributed by atoms with van der Waals surface area (Å²) in [6.45, 7) is 0. The number of nitrogens with one attached hydrogen (secondary N) is 1. The van der Waals surface area contributed by atoms with Crippen molar-refractivity contribution < 1.29 is 14.4 Å². The number of amides is 2. The van der Waals surface area contributed by atoms with Crippen molar-refractivity contribution in [2.75, 3.05) is 0 Å². The maximum Gasteiger partial charge on any atom is 0.287 e. The third-order valence-electron chi connectivity index (χ3n) is 4.28. The highest BCUT2D eigenvalue weighted by Gasteiger charge is 2.27. The predicted octanol–water partition coefficient (Wildman–Crippen LogP) is 0.878. The summed E-state index contributed by atoms with van der Waals surface area (Å²) >= 11 is 0. The molecule has 0 aliphatic carbocycles. The molecule has 2 aromatic heterocycles. The number of carbonyl (C=O) groups excluding carboxylic acids is 3. The minimum atomic E-state index is -1.10. The van der Waals surface area contributed by atoms with Gasteiger partial charge in [0.25, 0.3) is 11.8 Å². The molecule has 0 spiro atoms. The summed E-state index contributed by atoms with van der Waals surface area (Å²) in [7, 11) is 1.71.